The molecule has 0 bridgehead atoms. The average Bonchev–Trinajstić information content (AvgIpc) is 2.98. The van der Waals surface area contributed by atoms with E-state index in [1.54, 1.807) is 48.0 Å². The lowest BCUT2D eigenvalue weighted by atomic mass is 10.1. The summed E-state index contributed by atoms with van der Waals surface area (Å²) in [6.07, 6.45) is 3.50. The number of aromatic nitrogens is 2. The van der Waals surface area contributed by atoms with Crippen LogP contribution in [0, 0.1) is 0 Å². The van der Waals surface area contributed by atoms with Gasteiger partial charge >= 0.3 is 5.97 Å². The lowest BCUT2D eigenvalue weighted by Crippen LogP contribution is -1.94. The van der Waals surface area contributed by atoms with Crippen LogP contribution in [-0.4, -0.2) is 21.0 Å². The van der Waals surface area contributed by atoms with Crippen LogP contribution in [0.3, 0.4) is 0 Å². The minimum Gasteiger partial charge on any atom is -0.478 e. The van der Waals surface area contributed by atoms with Crippen molar-refractivity contribution in [3.63, 3.8) is 0 Å². The molecule has 2 aromatic heterocycles. The van der Waals surface area contributed by atoms with Crippen LogP contribution in [-0.2, 0) is 0 Å². The van der Waals surface area contributed by atoms with Gasteiger partial charge in [-0.3, -0.25) is 4.98 Å². The number of hydrogen-bond donors (Lipinski definition) is 1. The van der Waals surface area contributed by atoms with Gasteiger partial charge in [0, 0.05) is 28.9 Å². The zero-order valence-corrected chi connectivity index (χ0v) is 11.2. The highest BCUT2D eigenvalue weighted by molar-refractivity contribution is 7.13. The first-order chi connectivity index (χ1) is 9.74. The minimum atomic E-state index is -0.925. The zero-order valence-electron chi connectivity index (χ0n) is 10.4. The van der Waals surface area contributed by atoms with Gasteiger partial charge in [-0.1, -0.05) is 12.1 Å². The second kappa shape index (κ2) is 5.22. The molecule has 1 aromatic carbocycles. The highest BCUT2D eigenvalue weighted by Gasteiger charge is 2.08. The van der Waals surface area contributed by atoms with Crippen molar-refractivity contribution in [3.05, 3.63) is 59.7 Å². The molecule has 2 heterocycles. The molecule has 0 aliphatic carbocycles. The number of hydrogen-bond acceptors (Lipinski definition) is 4. The molecule has 0 spiro atoms. The number of thiazole rings is 1. The number of benzene rings is 1. The van der Waals surface area contributed by atoms with E-state index in [9.17, 15) is 4.79 Å². The van der Waals surface area contributed by atoms with E-state index in [2.05, 4.69) is 9.97 Å². The second-order valence-electron chi connectivity index (χ2n) is 4.16. The Hall–Kier alpha value is -2.53. The van der Waals surface area contributed by atoms with Crippen molar-refractivity contribution < 1.29 is 9.90 Å². The van der Waals surface area contributed by atoms with Crippen molar-refractivity contribution in [2.24, 2.45) is 0 Å². The quantitative estimate of drug-likeness (QED) is 0.797. The maximum atomic E-state index is 10.8. The summed E-state index contributed by atoms with van der Waals surface area (Å²) in [6, 6.07) is 10.5. The predicted octanol–water partition coefficient (Wildman–Crippen LogP) is 3.57. The number of carboxylic acid groups (broad SMARTS) is 1. The maximum absolute atomic E-state index is 10.8. The molecule has 98 valence electrons. The molecule has 1 N–H and O–H groups in total. The molecule has 3 rings (SSSR count). The molecule has 20 heavy (non-hydrogen) atoms. The van der Waals surface area contributed by atoms with Gasteiger partial charge in [0.05, 0.1) is 11.3 Å². The van der Waals surface area contributed by atoms with Gasteiger partial charge in [0.25, 0.3) is 0 Å². The van der Waals surface area contributed by atoms with Crippen molar-refractivity contribution >= 4 is 17.3 Å². The van der Waals surface area contributed by atoms with Crippen LogP contribution in [0.25, 0.3) is 21.8 Å². The molecular weight excluding hydrogens is 272 g/mol. The Kier molecular flexibility index (Phi) is 3.26. The molecule has 3 aromatic rings. The highest BCUT2D eigenvalue weighted by Crippen LogP contribution is 2.28. The maximum Gasteiger partial charge on any atom is 0.335 e. The molecule has 0 aliphatic rings. The van der Waals surface area contributed by atoms with E-state index in [4.69, 9.17) is 5.11 Å². The standard InChI is InChI=1S/C15H10N2O2S/c18-15(19)11-5-3-10(4-6-11)13-9-20-14(17-13)12-2-1-7-16-8-12/h1-9H,(H,18,19). The van der Waals surface area contributed by atoms with E-state index in [1.165, 1.54) is 0 Å². The molecule has 0 atom stereocenters. The van der Waals surface area contributed by atoms with Gasteiger partial charge in [0.2, 0.25) is 0 Å². The summed E-state index contributed by atoms with van der Waals surface area (Å²) in [4.78, 5) is 19.4. The van der Waals surface area contributed by atoms with Crippen LogP contribution in [0.15, 0.2) is 54.2 Å². The van der Waals surface area contributed by atoms with Crippen LogP contribution in [0.4, 0.5) is 0 Å². The Balaban J connectivity index is 1.92. The molecule has 4 nitrogen and oxygen atoms in total. The number of carboxylic acids is 1. The number of nitrogens with zero attached hydrogens (tertiary/aromatic N) is 2. The van der Waals surface area contributed by atoms with E-state index in [1.807, 2.05) is 17.5 Å². The van der Waals surface area contributed by atoms with E-state index >= 15 is 0 Å². The third-order valence-electron chi connectivity index (χ3n) is 2.84. The number of pyridine rings is 1. The molecule has 0 aliphatic heterocycles. The van der Waals surface area contributed by atoms with Crippen LogP contribution in [0.2, 0.25) is 0 Å². The smallest absolute Gasteiger partial charge is 0.335 e. The van der Waals surface area contributed by atoms with E-state index in [0.717, 1.165) is 21.8 Å². The SMILES string of the molecule is O=C(O)c1ccc(-c2csc(-c3cccnc3)n2)cc1. The lowest BCUT2D eigenvalue weighted by molar-refractivity contribution is 0.0697. The Morgan fingerprint density at radius 2 is 1.90 bits per heavy atom. The third kappa shape index (κ3) is 2.44. The van der Waals surface area contributed by atoms with E-state index in [-0.39, 0.29) is 5.56 Å². The summed E-state index contributed by atoms with van der Waals surface area (Å²) >= 11 is 1.54. The first-order valence-corrected chi connectivity index (χ1v) is 6.81. The number of aromatic carboxylic acids is 1. The Morgan fingerprint density at radius 3 is 2.55 bits per heavy atom. The summed E-state index contributed by atoms with van der Waals surface area (Å²) < 4.78 is 0. The Morgan fingerprint density at radius 1 is 1.10 bits per heavy atom. The minimum absolute atomic E-state index is 0.275. The normalized spacial score (nSPS) is 10.4. The van der Waals surface area contributed by atoms with Crippen LogP contribution >= 0.6 is 11.3 Å². The van der Waals surface area contributed by atoms with Crippen LogP contribution in [0.1, 0.15) is 10.4 Å². The van der Waals surface area contributed by atoms with Gasteiger partial charge < -0.3 is 5.11 Å². The van der Waals surface area contributed by atoms with Crippen molar-refractivity contribution in [2.75, 3.05) is 0 Å². The van der Waals surface area contributed by atoms with Gasteiger partial charge in [-0.15, -0.1) is 11.3 Å². The molecular formula is C15H10N2O2S. The lowest BCUT2D eigenvalue weighted by Gasteiger charge is -1.98. The van der Waals surface area contributed by atoms with Gasteiger partial charge in [-0.25, -0.2) is 9.78 Å². The fraction of sp³-hybridized carbons (Fsp3) is 0. The summed E-state index contributed by atoms with van der Waals surface area (Å²) in [6.45, 7) is 0. The second-order valence-corrected chi connectivity index (χ2v) is 5.02. The number of carbonyl (C=O) groups is 1. The van der Waals surface area contributed by atoms with E-state index in [0.29, 0.717) is 0 Å². The average molecular weight is 282 g/mol. The highest BCUT2D eigenvalue weighted by atomic mass is 32.1. The first kappa shape index (κ1) is 12.5. The van der Waals surface area contributed by atoms with Crippen LogP contribution < -0.4 is 0 Å². The molecule has 0 radical (unpaired) electrons. The summed E-state index contributed by atoms with van der Waals surface area (Å²) in [7, 11) is 0. The van der Waals surface area contributed by atoms with Gasteiger partial charge in [-0.05, 0) is 24.3 Å². The molecule has 0 unspecified atom stereocenters. The zero-order chi connectivity index (χ0) is 13.9. The Bertz CT molecular complexity index is 736. The summed E-state index contributed by atoms with van der Waals surface area (Å²) in [5.41, 5.74) is 2.99. The molecule has 0 amide bonds. The summed E-state index contributed by atoms with van der Waals surface area (Å²) in [5.74, 6) is -0.925. The fourth-order valence-electron chi connectivity index (χ4n) is 1.81. The Labute approximate surface area is 119 Å². The molecule has 5 heteroatoms. The molecule has 0 saturated heterocycles. The topological polar surface area (TPSA) is 63.1 Å². The number of rotatable bonds is 3. The monoisotopic (exact) mass is 282 g/mol. The van der Waals surface area contributed by atoms with Crippen molar-refractivity contribution in [3.8, 4) is 21.8 Å². The van der Waals surface area contributed by atoms with Crippen molar-refractivity contribution in [2.45, 2.75) is 0 Å². The van der Waals surface area contributed by atoms with Crippen molar-refractivity contribution in [1.82, 2.24) is 9.97 Å². The largest absolute Gasteiger partial charge is 0.478 e. The van der Waals surface area contributed by atoms with Gasteiger partial charge in [-0.2, -0.15) is 0 Å². The van der Waals surface area contributed by atoms with Crippen LogP contribution in [0.5, 0.6) is 0 Å². The molecule has 0 fully saturated rings. The summed E-state index contributed by atoms with van der Waals surface area (Å²) in [5, 5.41) is 11.7. The first-order valence-electron chi connectivity index (χ1n) is 5.94. The van der Waals surface area contributed by atoms with E-state index < -0.39 is 5.97 Å². The van der Waals surface area contributed by atoms with Gasteiger partial charge in [0.15, 0.2) is 0 Å². The predicted molar refractivity (Wildman–Crippen MR) is 77.7 cm³/mol. The van der Waals surface area contributed by atoms with Gasteiger partial charge in [0.1, 0.15) is 5.01 Å². The molecule has 0 saturated carbocycles. The fourth-order valence-corrected chi connectivity index (χ4v) is 2.63. The third-order valence-corrected chi connectivity index (χ3v) is 3.73. The van der Waals surface area contributed by atoms with Crippen molar-refractivity contribution in [1.29, 1.82) is 0 Å².